The van der Waals surface area contributed by atoms with E-state index in [2.05, 4.69) is 18.2 Å². The van der Waals surface area contributed by atoms with E-state index < -0.39 is 6.29 Å². The number of benzene rings is 1. The second kappa shape index (κ2) is 9.96. The van der Waals surface area contributed by atoms with Crippen molar-refractivity contribution in [3.05, 3.63) is 41.0 Å². The van der Waals surface area contributed by atoms with Crippen LogP contribution in [0.5, 0.6) is 0 Å². The van der Waals surface area contributed by atoms with Crippen LogP contribution in [0.25, 0.3) is 6.08 Å². The van der Waals surface area contributed by atoms with Gasteiger partial charge in [-0.25, -0.2) is 0 Å². The molecule has 2 heterocycles. The number of amides is 2. The fourth-order valence-corrected chi connectivity index (χ4v) is 5.22. The van der Waals surface area contributed by atoms with Crippen molar-refractivity contribution < 1.29 is 19.1 Å². The lowest BCUT2D eigenvalue weighted by molar-refractivity contribution is -0.177. The van der Waals surface area contributed by atoms with Gasteiger partial charge in [-0.3, -0.25) is 9.59 Å². The Bertz CT molecular complexity index is 831. The molecule has 2 fully saturated rings. The minimum absolute atomic E-state index is 0.0569. The number of hydrogen-bond donors (Lipinski definition) is 0. The van der Waals surface area contributed by atoms with E-state index in [0.29, 0.717) is 32.7 Å². The average Bonchev–Trinajstić information content (AvgIpc) is 3.51. The third-order valence-corrected chi connectivity index (χ3v) is 6.63. The van der Waals surface area contributed by atoms with E-state index >= 15 is 0 Å². The average molecular weight is 427 g/mol. The monoisotopic (exact) mass is 426 g/mol. The van der Waals surface area contributed by atoms with Gasteiger partial charge in [0, 0.05) is 32.7 Å². The van der Waals surface area contributed by atoms with Crippen LogP contribution in [0.3, 0.4) is 0 Å². The van der Waals surface area contributed by atoms with Crippen LogP contribution in [0.1, 0.15) is 57.1 Å². The molecular formula is C25H34N2O4. The van der Waals surface area contributed by atoms with Gasteiger partial charge in [0.2, 0.25) is 11.8 Å². The van der Waals surface area contributed by atoms with Gasteiger partial charge in [0.1, 0.15) is 6.04 Å². The molecule has 0 bridgehead atoms. The summed E-state index contributed by atoms with van der Waals surface area (Å²) in [6, 6.07) is 7.84. The minimum Gasteiger partial charge on any atom is -0.351 e. The number of fused-ring (bicyclic) bond motifs is 1. The van der Waals surface area contributed by atoms with Crippen LogP contribution in [-0.2, 0) is 25.5 Å². The Morgan fingerprint density at radius 3 is 2.48 bits per heavy atom. The molecule has 4 rings (SSSR count). The van der Waals surface area contributed by atoms with Gasteiger partial charge in [-0.1, -0.05) is 35.9 Å². The van der Waals surface area contributed by atoms with Gasteiger partial charge >= 0.3 is 0 Å². The van der Waals surface area contributed by atoms with Crippen molar-refractivity contribution in [1.29, 1.82) is 0 Å². The Morgan fingerprint density at radius 2 is 1.74 bits per heavy atom. The van der Waals surface area contributed by atoms with E-state index in [-0.39, 0.29) is 23.9 Å². The Labute approximate surface area is 185 Å². The van der Waals surface area contributed by atoms with Crippen LogP contribution in [-0.4, -0.2) is 66.3 Å². The highest BCUT2D eigenvalue weighted by atomic mass is 16.7. The summed E-state index contributed by atoms with van der Waals surface area (Å²) < 4.78 is 11.6. The first-order valence-electron chi connectivity index (χ1n) is 11.7. The standard InChI is InChI=1S/C25H34N2O4/c1-3-30-25(31-4-2)22-12-8-14-27(22)24(29)21-11-7-13-26(21)23(28)17-18-15-19-9-5-6-10-20(19)16-18/h5-6,9-10,15,21-22,25H,3-4,7-8,11-14,16-17H2,1-2H3/t21-,22?/m0/s1. The number of nitrogens with zero attached hydrogens (tertiary/aromatic N) is 2. The van der Waals surface area contributed by atoms with Crippen LogP contribution >= 0.6 is 0 Å². The molecule has 1 aromatic rings. The number of hydrogen-bond acceptors (Lipinski definition) is 4. The number of carbonyl (C=O) groups is 2. The molecule has 2 aliphatic heterocycles. The molecule has 1 aromatic carbocycles. The molecule has 0 spiro atoms. The quantitative estimate of drug-likeness (QED) is 0.598. The summed E-state index contributed by atoms with van der Waals surface area (Å²) in [6.07, 6.45) is 6.39. The maximum Gasteiger partial charge on any atom is 0.245 e. The number of carbonyl (C=O) groups excluding carboxylic acids is 2. The molecule has 1 aliphatic carbocycles. The van der Waals surface area contributed by atoms with Crippen molar-refractivity contribution in [2.75, 3.05) is 26.3 Å². The molecule has 3 aliphatic rings. The molecule has 2 atom stereocenters. The summed E-state index contributed by atoms with van der Waals surface area (Å²) in [7, 11) is 0. The fraction of sp³-hybridized carbons (Fsp3) is 0.600. The Balaban J connectivity index is 1.41. The SMILES string of the molecule is CCOC(OCC)C1CCCN1C(=O)[C@@H]1CCCN1C(=O)CC1=Cc2ccccc2C1. The Morgan fingerprint density at radius 1 is 1.03 bits per heavy atom. The lowest BCUT2D eigenvalue weighted by Crippen LogP contribution is -2.52. The summed E-state index contributed by atoms with van der Waals surface area (Å²) in [5, 5.41) is 0. The molecule has 6 nitrogen and oxygen atoms in total. The first kappa shape index (κ1) is 22.0. The van der Waals surface area contributed by atoms with E-state index in [4.69, 9.17) is 9.47 Å². The molecule has 2 saturated heterocycles. The number of likely N-dealkylation sites (tertiary alicyclic amines) is 2. The first-order valence-corrected chi connectivity index (χ1v) is 11.7. The van der Waals surface area contributed by atoms with Crippen LogP contribution in [0.4, 0.5) is 0 Å². The molecular weight excluding hydrogens is 392 g/mol. The van der Waals surface area contributed by atoms with Gasteiger partial charge < -0.3 is 19.3 Å². The highest BCUT2D eigenvalue weighted by Crippen LogP contribution is 2.30. The van der Waals surface area contributed by atoms with E-state index in [1.165, 1.54) is 11.1 Å². The molecule has 2 amide bonds. The van der Waals surface area contributed by atoms with Gasteiger partial charge in [0.25, 0.3) is 0 Å². The summed E-state index contributed by atoms with van der Waals surface area (Å²) in [5.41, 5.74) is 3.62. The summed E-state index contributed by atoms with van der Waals surface area (Å²) in [4.78, 5) is 30.4. The Kier molecular flexibility index (Phi) is 7.08. The predicted octanol–water partition coefficient (Wildman–Crippen LogP) is 3.40. The first-order chi connectivity index (χ1) is 15.1. The van der Waals surface area contributed by atoms with Crippen molar-refractivity contribution in [1.82, 2.24) is 9.80 Å². The Hall–Kier alpha value is -2.18. The van der Waals surface area contributed by atoms with Crippen molar-refractivity contribution >= 4 is 17.9 Å². The van der Waals surface area contributed by atoms with Gasteiger partial charge in [-0.2, -0.15) is 0 Å². The van der Waals surface area contributed by atoms with Crippen molar-refractivity contribution in [3.8, 4) is 0 Å². The van der Waals surface area contributed by atoms with E-state index in [1.807, 2.05) is 35.8 Å². The van der Waals surface area contributed by atoms with Crippen molar-refractivity contribution in [2.45, 2.75) is 70.7 Å². The van der Waals surface area contributed by atoms with Crippen LogP contribution in [0, 0.1) is 0 Å². The predicted molar refractivity (Wildman–Crippen MR) is 119 cm³/mol. The second-order valence-corrected chi connectivity index (χ2v) is 8.62. The molecule has 0 saturated carbocycles. The molecule has 31 heavy (non-hydrogen) atoms. The minimum atomic E-state index is -0.394. The molecule has 0 N–H and O–H groups in total. The van der Waals surface area contributed by atoms with E-state index in [9.17, 15) is 9.59 Å². The topological polar surface area (TPSA) is 59.1 Å². The molecule has 6 heteroatoms. The molecule has 168 valence electrons. The number of ether oxygens (including phenoxy) is 2. The maximum atomic E-state index is 13.5. The van der Waals surface area contributed by atoms with Crippen molar-refractivity contribution in [3.63, 3.8) is 0 Å². The lowest BCUT2D eigenvalue weighted by atomic mass is 10.1. The van der Waals surface area contributed by atoms with Gasteiger partial charge in [-0.15, -0.1) is 0 Å². The van der Waals surface area contributed by atoms with Gasteiger partial charge in [0.15, 0.2) is 6.29 Å². The van der Waals surface area contributed by atoms with E-state index in [1.54, 1.807) is 0 Å². The number of rotatable bonds is 8. The van der Waals surface area contributed by atoms with E-state index in [0.717, 1.165) is 37.7 Å². The van der Waals surface area contributed by atoms with Crippen LogP contribution < -0.4 is 0 Å². The van der Waals surface area contributed by atoms with Crippen molar-refractivity contribution in [2.24, 2.45) is 0 Å². The van der Waals surface area contributed by atoms with Gasteiger partial charge in [-0.05, 0) is 57.1 Å². The lowest BCUT2D eigenvalue weighted by Gasteiger charge is -2.34. The summed E-state index contributed by atoms with van der Waals surface area (Å²) in [6.45, 7) is 6.36. The third-order valence-electron chi connectivity index (χ3n) is 6.63. The van der Waals surface area contributed by atoms with Crippen LogP contribution in [0.15, 0.2) is 29.8 Å². The summed E-state index contributed by atoms with van der Waals surface area (Å²) >= 11 is 0. The second-order valence-electron chi connectivity index (χ2n) is 8.62. The maximum absolute atomic E-state index is 13.5. The molecule has 1 unspecified atom stereocenters. The zero-order valence-corrected chi connectivity index (χ0v) is 18.7. The highest BCUT2D eigenvalue weighted by Gasteiger charge is 2.42. The largest absolute Gasteiger partial charge is 0.351 e. The highest BCUT2D eigenvalue weighted by molar-refractivity contribution is 5.90. The molecule has 0 aromatic heterocycles. The fourth-order valence-electron chi connectivity index (χ4n) is 5.22. The summed E-state index contributed by atoms with van der Waals surface area (Å²) in [5.74, 6) is 0.123. The normalized spacial score (nSPS) is 22.9. The zero-order valence-electron chi connectivity index (χ0n) is 18.7. The van der Waals surface area contributed by atoms with Crippen LogP contribution in [0.2, 0.25) is 0 Å². The zero-order chi connectivity index (χ0) is 21.8. The smallest absolute Gasteiger partial charge is 0.245 e. The molecule has 0 radical (unpaired) electrons. The third kappa shape index (κ3) is 4.70. The van der Waals surface area contributed by atoms with Gasteiger partial charge in [0.05, 0.1) is 6.04 Å².